The standard InChI is InChI=1S/C11H16N8/c1-11(3-2-4-11)5-14-9-16-8(12)17-10(18-9)19-7-13-6-15-19/h6-7H,2-5H2,1H3,(H3,12,14,16,17,18). The van der Waals surface area contributed by atoms with E-state index in [1.165, 1.54) is 36.6 Å². The van der Waals surface area contributed by atoms with E-state index in [1.54, 1.807) is 0 Å². The van der Waals surface area contributed by atoms with Crippen molar-refractivity contribution < 1.29 is 0 Å². The molecule has 1 saturated carbocycles. The van der Waals surface area contributed by atoms with Crippen LogP contribution in [-0.2, 0) is 0 Å². The second kappa shape index (κ2) is 4.45. The summed E-state index contributed by atoms with van der Waals surface area (Å²) >= 11 is 0. The Bertz CT molecular complexity index is 560. The molecule has 0 spiro atoms. The van der Waals surface area contributed by atoms with Gasteiger partial charge in [0.15, 0.2) is 0 Å². The molecule has 0 atom stereocenters. The first-order valence-corrected chi connectivity index (χ1v) is 6.25. The molecule has 0 unspecified atom stereocenters. The van der Waals surface area contributed by atoms with Gasteiger partial charge >= 0.3 is 0 Å². The molecule has 0 saturated heterocycles. The molecule has 1 aliphatic carbocycles. The van der Waals surface area contributed by atoms with E-state index in [1.807, 2.05) is 0 Å². The van der Waals surface area contributed by atoms with Crippen molar-refractivity contribution in [2.45, 2.75) is 26.2 Å². The van der Waals surface area contributed by atoms with Crippen LogP contribution in [0.3, 0.4) is 0 Å². The van der Waals surface area contributed by atoms with Crippen molar-refractivity contribution in [1.82, 2.24) is 29.7 Å². The van der Waals surface area contributed by atoms with E-state index in [9.17, 15) is 0 Å². The maximum absolute atomic E-state index is 5.69. The Kier molecular flexibility index (Phi) is 2.77. The molecule has 2 aromatic heterocycles. The molecule has 2 heterocycles. The molecule has 8 nitrogen and oxygen atoms in total. The van der Waals surface area contributed by atoms with Gasteiger partial charge in [-0.2, -0.15) is 24.7 Å². The number of hydrogen-bond donors (Lipinski definition) is 2. The highest BCUT2D eigenvalue weighted by Crippen LogP contribution is 2.39. The van der Waals surface area contributed by atoms with Crippen molar-refractivity contribution in [1.29, 1.82) is 0 Å². The predicted octanol–water partition coefficient (Wildman–Crippen LogP) is 0.637. The largest absolute Gasteiger partial charge is 0.368 e. The molecule has 0 aliphatic heterocycles. The second-order valence-electron chi connectivity index (χ2n) is 5.18. The SMILES string of the molecule is CC1(CNc2nc(N)nc(-n3cncn3)n2)CCC1. The van der Waals surface area contributed by atoms with Crippen molar-refractivity contribution >= 4 is 11.9 Å². The first-order chi connectivity index (χ1) is 9.15. The third-order valence-corrected chi connectivity index (χ3v) is 3.50. The highest BCUT2D eigenvalue weighted by Gasteiger charge is 2.31. The third kappa shape index (κ3) is 2.47. The van der Waals surface area contributed by atoms with Gasteiger partial charge in [-0.15, -0.1) is 0 Å². The molecule has 19 heavy (non-hydrogen) atoms. The van der Waals surface area contributed by atoms with Crippen LogP contribution in [0.1, 0.15) is 26.2 Å². The average Bonchev–Trinajstić information content (AvgIpc) is 2.87. The lowest BCUT2D eigenvalue weighted by Crippen LogP contribution is -2.33. The fraction of sp³-hybridized carbons (Fsp3) is 0.545. The molecule has 0 radical (unpaired) electrons. The number of nitrogens with zero attached hydrogens (tertiary/aromatic N) is 6. The van der Waals surface area contributed by atoms with Crippen LogP contribution in [0.15, 0.2) is 12.7 Å². The molecule has 0 bridgehead atoms. The first kappa shape index (κ1) is 11.8. The Morgan fingerprint density at radius 1 is 1.37 bits per heavy atom. The number of rotatable bonds is 4. The monoisotopic (exact) mass is 260 g/mol. The fourth-order valence-electron chi connectivity index (χ4n) is 2.12. The van der Waals surface area contributed by atoms with Gasteiger partial charge in [-0.25, -0.2) is 4.98 Å². The highest BCUT2D eigenvalue weighted by atomic mass is 15.4. The van der Waals surface area contributed by atoms with Crippen LogP contribution in [-0.4, -0.2) is 36.3 Å². The molecule has 0 amide bonds. The normalized spacial score (nSPS) is 16.9. The zero-order valence-electron chi connectivity index (χ0n) is 10.7. The quantitative estimate of drug-likeness (QED) is 0.830. The molecule has 100 valence electrons. The van der Waals surface area contributed by atoms with Crippen LogP contribution in [0, 0.1) is 5.41 Å². The Labute approximate surface area is 110 Å². The summed E-state index contributed by atoms with van der Waals surface area (Å²) in [4.78, 5) is 16.3. The van der Waals surface area contributed by atoms with Crippen LogP contribution in [0.5, 0.6) is 0 Å². The fourth-order valence-corrected chi connectivity index (χ4v) is 2.12. The molecule has 3 rings (SSSR count). The molecule has 2 aromatic rings. The molecule has 1 fully saturated rings. The van der Waals surface area contributed by atoms with E-state index in [2.05, 4.69) is 37.3 Å². The highest BCUT2D eigenvalue weighted by molar-refractivity contribution is 5.34. The van der Waals surface area contributed by atoms with Crippen LogP contribution < -0.4 is 11.1 Å². The van der Waals surface area contributed by atoms with Crippen molar-refractivity contribution in [2.24, 2.45) is 5.41 Å². The minimum atomic E-state index is 0.168. The Balaban J connectivity index is 1.78. The van der Waals surface area contributed by atoms with Gasteiger partial charge in [0.25, 0.3) is 5.95 Å². The summed E-state index contributed by atoms with van der Waals surface area (Å²) < 4.78 is 1.45. The predicted molar refractivity (Wildman–Crippen MR) is 69.6 cm³/mol. The second-order valence-corrected chi connectivity index (χ2v) is 5.18. The lowest BCUT2D eigenvalue weighted by atomic mass is 9.70. The number of nitrogen functional groups attached to an aromatic ring is 1. The smallest absolute Gasteiger partial charge is 0.258 e. The van der Waals surface area contributed by atoms with Crippen molar-refractivity contribution in [2.75, 3.05) is 17.6 Å². The van der Waals surface area contributed by atoms with E-state index in [-0.39, 0.29) is 5.95 Å². The van der Waals surface area contributed by atoms with E-state index in [0.717, 1.165) is 6.54 Å². The summed E-state index contributed by atoms with van der Waals surface area (Å²) in [5.74, 6) is 1.01. The minimum absolute atomic E-state index is 0.168. The van der Waals surface area contributed by atoms with E-state index in [0.29, 0.717) is 17.3 Å². The Morgan fingerprint density at radius 2 is 2.21 bits per heavy atom. The maximum Gasteiger partial charge on any atom is 0.258 e. The molecular formula is C11H16N8. The molecule has 1 aliphatic rings. The van der Waals surface area contributed by atoms with Crippen molar-refractivity contribution in [3.63, 3.8) is 0 Å². The number of anilines is 2. The Morgan fingerprint density at radius 3 is 2.84 bits per heavy atom. The van der Waals surface area contributed by atoms with Gasteiger partial charge in [0.2, 0.25) is 11.9 Å². The summed E-state index contributed by atoms with van der Waals surface area (Å²) in [6.07, 6.45) is 6.70. The molecule has 3 N–H and O–H groups in total. The summed E-state index contributed by atoms with van der Waals surface area (Å²) in [7, 11) is 0. The molecule has 0 aromatic carbocycles. The number of nitrogens with one attached hydrogen (secondary N) is 1. The van der Waals surface area contributed by atoms with E-state index in [4.69, 9.17) is 5.73 Å². The van der Waals surface area contributed by atoms with Crippen molar-refractivity contribution in [3.8, 4) is 5.95 Å². The summed E-state index contributed by atoms with van der Waals surface area (Å²) in [6, 6.07) is 0. The minimum Gasteiger partial charge on any atom is -0.368 e. The Hall–Kier alpha value is -2.25. The van der Waals surface area contributed by atoms with Gasteiger partial charge in [-0.1, -0.05) is 13.3 Å². The van der Waals surface area contributed by atoms with Gasteiger partial charge in [0.05, 0.1) is 0 Å². The zero-order valence-corrected chi connectivity index (χ0v) is 10.7. The lowest BCUT2D eigenvalue weighted by molar-refractivity contribution is 0.179. The van der Waals surface area contributed by atoms with Crippen LogP contribution in [0.4, 0.5) is 11.9 Å². The summed E-state index contributed by atoms with van der Waals surface area (Å²) in [6.45, 7) is 3.10. The van der Waals surface area contributed by atoms with E-state index < -0.39 is 0 Å². The summed E-state index contributed by atoms with van der Waals surface area (Å²) in [5.41, 5.74) is 6.03. The lowest BCUT2D eigenvalue weighted by Gasteiger charge is -2.38. The van der Waals surface area contributed by atoms with Gasteiger partial charge in [0, 0.05) is 6.54 Å². The molecule has 8 heteroatoms. The van der Waals surface area contributed by atoms with E-state index >= 15 is 0 Å². The molecular weight excluding hydrogens is 244 g/mol. The van der Waals surface area contributed by atoms with Crippen LogP contribution in [0.2, 0.25) is 0 Å². The van der Waals surface area contributed by atoms with Gasteiger partial charge in [0.1, 0.15) is 12.7 Å². The summed E-state index contributed by atoms with van der Waals surface area (Å²) in [5, 5.41) is 7.20. The van der Waals surface area contributed by atoms with Crippen LogP contribution in [0.25, 0.3) is 5.95 Å². The maximum atomic E-state index is 5.69. The van der Waals surface area contributed by atoms with Crippen molar-refractivity contribution in [3.05, 3.63) is 12.7 Å². The zero-order chi connectivity index (χ0) is 13.3. The first-order valence-electron chi connectivity index (χ1n) is 6.25. The average molecular weight is 260 g/mol. The van der Waals surface area contributed by atoms with Gasteiger partial charge in [-0.05, 0) is 18.3 Å². The van der Waals surface area contributed by atoms with Gasteiger partial charge < -0.3 is 11.1 Å². The number of nitrogens with two attached hydrogens (primary N) is 1. The third-order valence-electron chi connectivity index (χ3n) is 3.50. The number of hydrogen-bond acceptors (Lipinski definition) is 7. The van der Waals surface area contributed by atoms with Gasteiger partial charge in [-0.3, -0.25) is 0 Å². The topological polar surface area (TPSA) is 107 Å². The number of aromatic nitrogens is 6. The van der Waals surface area contributed by atoms with Crippen LogP contribution >= 0.6 is 0 Å².